The highest BCUT2D eigenvalue weighted by Crippen LogP contribution is 2.12. The summed E-state index contributed by atoms with van der Waals surface area (Å²) in [6.45, 7) is 8.20. The van der Waals surface area contributed by atoms with Crippen molar-refractivity contribution in [3.8, 4) is 0 Å². The highest BCUT2D eigenvalue weighted by Gasteiger charge is 2.11. The van der Waals surface area contributed by atoms with E-state index in [0.29, 0.717) is 12.6 Å². The van der Waals surface area contributed by atoms with Crippen LogP contribution in [0.4, 0.5) is 0 Å². The van der Waals surface area contributed by atoms with Crippen molar-refractivity contribution in [2.24, 2.45) is 11.7 Å². The fourth-order valence-electron chi connectivity index (χ4n) is 2.00. The molecule has 0 amide bonds. The van der Waals surface area contributed by atoms with Crippen LogP contribution in [0.5, 0.6) is 0 Å². The van der Waals surface area contributed by atoms with Crippen LogP contribution in [-0.4, -0.2) is 23.0 Å². The molecule has 0 aromatic carbocycles. The third kappa shape index (κ3) is 4.84. The molecule has 0 aliphatic carbocycles. The Kier molecular flexibility index (Phi) is 5.59. The van der Waals surface area contributed by atoms with Gasteiger partial charge in [0.05, 0.1) is 11.4 Å². The van der Waals surface area contributed by atoms with Gasteiger partial charge in [-0.1, -0.05) is 19.9 Å². The summed E-state index contributed by atoms with van der Waals surface area (Å²) < 4.78 is 0. The second-order valence-electron chi connectivity index (χ2n) is 5.22. The van der Waals surface area contributed by atoms with Crippen LogP contribution in [0.25, 0.3) is 0 Å². The third-order valence-electron chi connectivity index (χ3n) is 3.05. The summed E-state index contributed by atoms with van der Waals surface area (Å²) in [6, 6.07) is 6.66. The molecule has 17 heavy (non-hydrogen) atoms. The Labute approximate surface area is 105 Å². The summed E-state index contributed by atoms with van der Waals surface area (Å²) in [7, 11) is 2.16. The van der Waals surface area contributed by atoms with E-state index >= 15 is 0 Å². The number of hydrogen-bond donors (Lipinski definition) is 1. The summed E-state index contributed by atoms with van der Waals surface area (Å²) >= 11 is 0. The van der Waals surface area contributed by atoms with Crippen molar-refractivity contribution >= 4 is 0 Å². The Bertz CT molecular complexity index is 336. The quantitative estimate of drug-likeness (QED) is 0.823. The molecular weight excluding hydrogens is 210 g/mol. The van der Waals surface area contributed by atoms with Gasteiger partial charge in [0, 0.05) is 19.1 Å². The number of aromatic nitrogens is 1. The van der Waals surface area contributed by atoms with Gasteiger partial charge in [0.15, 0.2) is 0 Å². The largest absolute Gasteiger partial charge is 0.325 e. The molecule has 0 fully saturated rings. The lowest BCUT2D eigenvalue weighted by atomic mass is 10.0. The molecular formula is C14H25N3. The molecule has 1 aromatic rings. The first-order chi connectivity index (χ1) is 8.02. The Morgan fingerprint density at radius 2 is 1.88 bits per heavy atom. The molecule has 0 aliphatic rings. The van der Waals surface area contributed by atoms with Gasteiger partial charge in [0.2, 0.25) is 0 Å². The summed E-state index contributed by atoms with van der Waals surface area (Å²) in [6.07, 6.45) is 1.22. The predicted octanol–water partition coefficient (Wildman–Crippen LogP) is 2.41. The minimum absolute atomic E-state index is 0.513. The van der Waals surface area contributed by atoms with Gasteiger partial charge in [-0.3, -0.25) is 9.88 Å². The fourth-order valence-corrected chi connectivity index (χ4v) is 2.00. The lowest BCUT2D eigenvalue weighted by Crippen LogP contribution is -2.30. The van der Waals surface area contributed by atoms with Gasteiger partial charge < -0.3 is 5.73 Å². The van der Waals surface area contributed by atoms with E-state index < -0.39 is 0 Å². The molecule has 3 heteroatoms. The van der Waals surface area contributed by atoms with Gasteiger partial charge in [-0.2, -0.15) is 0 Å². The summed E-state index contributed by atoms with van der Waals surface area (Å²) in [4.78, 5) is 6.88. The van der Waals surface area contributed by atoms with Crippen LogP contribution in [0.1, 0.15) is 38.6 Å². The van der Waals surface area contributed by atoms with Crippen LogP contribution < -0.4 is 5.73 Å². The Morgan fingerprint density at radius 1 is 1.24 bits per heavy atom. The molecule has 0 radical (unpaired) electrons. The van der Waals surface area contributed by atoms with Crippen LogP contribution in [-0.2, 0) is 13.1 Å². The predicted molar refractivity (Wildman–Crippen MR) is 72.5 cm³/mol. The van der Waals surface area contributed by atoms with Gasteiger partial charge in [-0.05, 0) is 38.4 Å². The molecule has 1 rings (SSSR count). The van der Waals surface area contributed by atoms with E-state index in [1.165, 1.54) is 6.42 Å². The van der Waals surface area contributed by atoms with Crippen molar-refractivity contribution in [2.75, 3.05) is 7.05 Å². The second kappa shape index (κ2) is 6.72. The average Bonchev–Trinajstić information content (AvgIpc) is 2.28. The van der Waals surface area contributed by atoms with E-state index in [9.17, 15) is 0 Å². The standard InChI is InChI=1S/C14H25N3/c1-11(2)8-12(3)17(4)10-14-7-5-6-13(9-15)16-14/h5-7,11-12H,8-10,15H2,1-4H3. The van der Waals surface area contributed by atoms with E-state index in [-0.39, 0.29) is 0 Å². The van der Waals surface area contributed by atoms with Crippen LogP contribution in [0.15, 0.2) is 18.2 Å². The molecule has 1 heterocycles. The molecule has 0 saturated heterocycles. The number of hydrogen-bond acceptors (Lipinski definition) is 3. The lowest BCUT2D eigenvalue weighted by Gasteiger charge is -2.25. The zero-order valence-electron chi connectivity index (χ0n) is 11.5. The van der Waals surface area contributed by atoms with Crippen LogP contribution >= 0.6 is 0 Å². The fraction of sp³-hybridized carbons (Fsp3) is 0.643. The number of nitrogens with two attached hydrogens (primary N) is 1. The third-order valence-corrected chi connectivity index (χ3v) is 3.05. The summed E-state index contributed by atoms with van der Waals surface area (Å²) in [5, 5.41) is 0. The highest BCUT2D eigenvalue weighted by molar-refractivity contribution is 5.11. The van der Waals surface area contributed by atoms with Crippen molar-refractivity contribution in [3.63, 3.8) is 0 Å². The summed E-state index contributed by atoms with van der Waals surface area (Å²) in [5.74, 6) is 0.732. The van der Waals surface area contributed by atoms with Crippen LogP contribution in [0, 0.1) is 5.92 Å². The van der Waals surface area contributed by atoms with Crippen molar-refractivity contribution in [1.82, 2.24) is 9.88 Å². The van der Waals surface area contributed by atoms with Gasteiger partial charge in [-0.15, -0.1) is 0 Å². The van der Waals surface area contributed by atoms with Crippen LogP contribution in [0.3, 0.4) is 0 Å². The van der Waals surface area contributed by atoms with Crippen LogP contribution in [0.2, 0.25) is 0 Å². The zero-order chi connectivity index (χ0) is 12.8. The van der Waals surface area contributed by atoms with Gasteiger partial charge in [0.25, 0.3) is 0 Å². The molecule has 1 unspecified atom stereocenters. The first-order valence-corrected chi connectivity index (χ1v) is 6.38. The molecule has 3 nitrogen and oxygen atoms in total. The topological polar surface area (TPSA) is 42.1 Å². The normalized spacial score (nSPS) is 13.4. The highest BCUT2D eigenvalue weighted by atomic mass is 15.1. The number of nitrogens with zero attached hydrogens (tertiary/aromatic N) is 2. The molecule has 0 saturated carbocycles. The maximum Gasteiger partial charge on any atom is 0.0547 e. The van der Waals surface area contributed by atoms with Crippen molar-refractivity contribution in [1.29, 1.82) is 0 Å². The van der Waals surface area contributed by atoms with Crippen molar-refractivity contribution < 1.29 is 0 Å². The van der Waals surface area contributed by atoms with Gasteiger partial charge >= 0.3 is 0 Å². The zero-order valence-corrected chi connectivity index (χ0v) is 11.5. The van der Waals surface area contributed by atoms with Crippen molar-refractivity contribution in [3.05, 3.63) is 29.6 Å². The van der Waals surface area contributed by atoms with E-state index in [1.54, 1.807) is 0 Å². The van der Waals surface area contributed by atoms with E-state index in [1.807, 2.05) is 12.1 Å². The monoisotopic (exact) mass is 235 g/mol. The van der Waals surface area contributed by atoms with Crippen molar-refractivity contribution in [2.45, 2.75) is 46.3 Å². The maximum absolute atomic E-state index is 5.60. The second-order valence-corrected chi connectivity index (χ2v) is 5.22. The molecule has 0 spiro atoms. The molecule has 1 aromatic heterocycles. The Morgan fingerprint density at radius 3 is 2.47 bits per heavy atom. The van der Waals surface area contributed by atoms with E-state index in [0.717, 1.165) is 23.9 Å². The smallest absolute Gasteiger partial charge is 0.0547 e. The SMILES string of the molecule is CC(C)CC(C)N(C)Cc1cccc(CN)n1. The first kappa shape index (κ1) is 14.1. The molecule has 96 valence electrons. The average molecular weight is 235 g/mol. The first-order valence-electron chi connectivity index (χ1n) is 6.38. The minimum Gasteiger partial charge on any atom is -0.325 e. The summed E-state index contributed by atoms with van der Waals surface area (Å²) in [5.41, 5.74) is 7.67. The molecule has 0 aliphatic heterocycles. The van der Waals surface area contributed by atoms with E-state index in [2.05, 4.69) is 43.8 Å². The Hall–Kier alpha value is -0.930. The molecule has 2 N–H and O–H groups in total. The lowest BCUT2D eigenvalue weighted by molar-refractivity contribution is 0.218. The molecule has 0 bridgehead atoms. The maximum atomic E-state index is 5.60. The Balaban J connectivity index is 2.57. The number of pyridine rings is 1. The van der Waals surface area contributed by atoms with Gasteiger partial charge in [-0.25, -0.2) is 0 Å². The number of rotatable bonds is 6. The van der Waals surface area contributed by atoms with E-state index in [4.69, 9.17) is 5.73 Å². The molecule has 1 atom stereocenters. The minimum atomic E-state index is 0.513. The van der Waals surface area contributed by atoms with Gasteiger partial charge in [0.1, 0.15) is 0 Å².